The monoisotopic (exact) mass is 301 g/mol. The highest BCUT2D eigenvalue weighted by atomic mass is 16.5. The Bertz CT molecular complexity index is 644. The number of hydrogen-bond acceptors (Lipinski definition) is 6. The third-order valence-electron chi connectivity index (χ3n) is 3.21. The molecule has 6 heteroatoms. The van der Waals surface area contributed by atoms with Gasteiger partial charge in [0.05, 0.1) is 6.04 Å². The Morgan fingerprint density at radius 3 is 2.68 bits per heavy atom. The van der Waals surface area contributed by atoms with Crippen LogP contribution in [0.1, 0.15) is 30.8 Å². The first-order chi connectivity index (χ1) is 10.5. The van der Waals surface area contributed by atoms with Gasteiger partial charge in [-0.2, -0.15) is 15.0 Å². The lowest BCUT2D eigenvalue weighted by molar-refractivity contribution is 0.301. The van der Waals surface area contributed by atoms with E-state index in [4.69, 9.17) is 10.5 Å². The van der Waals surface area contributed by atoms with Crippen LogP contribution in [0.5, 0.6) is 5.75 Å². The molecule has 0 aliphatic carbocycles. The third kappa shape index (κ3) is 4.31. The number of nitrogens with two attached hydrogens (primary N) is 1. The molecule has 0 spiro atoms. The lowest BCUT2D eigenvalue weighted by Crippen LogP contribution is -2.25. The number of benzene rings is 1. The molecule has 1 heterocycles. The summed E-state index contributed by atoms with van der Waals surface area (Å²) in [4.78, 5) is 12.5. The molecule has 0 amide bonds. The Balaban J connectivity index is 1.95. The predicted molar refractivity (Wildman–Crippen MR) is 88.1 cm³/mol. The van der Waals surface area contributed by atoms with Crippen LogP contribution in [-0.2, 0) is 6.42 Å². The van der Waals surface area contributed by atoms with Crippen molar-refractivity contribution >= 4 is 11.9 Å². The SMILES string of the molecule is CCc1nc(N)nc(NC(C)COc2ccc(C)cc2C)n1. The van der Waals surface area contributed by atoms with Crippen molar-refractivity contribution in [3.05, 3.63) is 35.2 Å². The van der Waals surface area contributed by atoms with Crippen molar-refractivity contribution in [3.63, 3.8) is 0 Å². The van der Waals surface area contributed by atoms with Crippen molar-refractivity contribution in [2.45, 2.75) is 40.2 Å². The van der Waals surface area contributed by atoms with E-state index in [1.54, 1.807) is 0 Å². The molecule has 1 aromatic carbocycles. The van der Waals surface area contributed by atoms with Gasteiger partial charge in [-0.25, -0.2) is 0 Å². The molecule has 2 aromatic rings. The Hall–Kier alpha value is -2.37. The largest absolute Gasteiger partial charge is 0.491 e. The maximum Gasteiger partial charge on any atom is 0.228 e. The molecule has 22 heavy (non-hydrogen) atoms. The van der Waals surface area contributed by atoms with Crippen LogP contribution in [0.25, 0.3) is 0 Å². The molecule has 0 aliphatic rings. The van der Waals surface area contributed by atoms with Crippen LogP contribution in [0.3, 0.4) is 0 Å². The molecular formula is C16H23N5O. The molecule has 1 atom stereocenters. The zero-order chi connectivity index (χ0) is 16.1. The fourth-order valence-corrected chi connectivity index (χ4v) is 2.10. The average molecular weight is 301 g/mol. The molecule has 0 radical (unpaired) electrons. The van der Waals surface area contributed by atoms with Gasteiger partial charge in [0.25, 0.3) is 0 Å². The van der Waals surface area contributed by atoms with Gasteiger partial charge in [-0.1, -0.05) is 24.6 Å². The van der Waals surface area contributed by atoms with Crippen LogP contribution >= 0.6 is 0 Å². The van der Waals surface area contributed by atoms with Gasteiger partial charge in [0.1, 0.15) is 18.2 Å². The Kier molecular flexibility index (Phi) is 5.14. The van der Waals surface area contributed by atoms with Crippen molar-refractivity contribution < 1.29 is 4.74 Å². The number of nitrogens with zero attached hydrogens (tertiary/aromatic N) is 3. The molecule has 3 N–H and O–H groups in total. The minimum Gasteiger partial charge on any atom is -0.491 e. The third-order valence-corrected chi connectivity index (χ3v) is 3.21. The lowest BCUT2D eigenvalue weighted by Gasteiger charge is -2.16. The first kappa shape index (κ1) is 16.0. The van der Waals surface area contributed by atoms with E-state index < -0.39 is 0 Å². The molecule has 118 valence electrons. The topological polar surface area (TPSA) is 86.0 Å². The predicted octanol–water partition coefficient (Wildman–Crippen LogP) is 2.51. The number of nitrogens with one attached hydrogen (secondary N) is 1. The molecule has 0 bridgehead atoms. The van der Waals surface area contributed by atoms with E-state index in [2.05, 4.69) is 33.3 Å². The average Bonchev–Trinajstić information content (AvgIpc) is 2.45. The minimum atomic E-state index is 0.0483. The first-order valence-corrected chi connectivity index (χ1v) is 7.45. The summed E-state index contributed by atoms with van der Waals surface area (Å²) in [6.45, 7) is 8.61. The molecule has 2 rings (SSSR count). The summed E-state index contributed by atoms with van der Waals surface area (Å²) in [6, 6.07) is 6.19. The van der Waals surface area contributed by atoms with E-state index in [0.717, 1.165) is 17.7 Å². The van der Waals surface area contributed by atoms with Gasteiger partial charge in [0.2, 0.25) is 11.9 Å². The van der Waals surface area contributed by atoms with Gasteiger partial charge in [0, 0.05) is 6.42 Å². The molecular weight excluding hydrogens is 278 g/mol. The van der Waals surface area contributed by atoms with Crippen LogP contribution in [-0.4, -0.2) is 27.6 Å². The molecule has 0 aliphatic heterocycles. The number of ether oxygens (including phenoxy) is 1. The van der Waals surface area contributed by atoms with Crippen LogP contribution in [0.2, 0.25) is 0 Å². The summed E-state index contributed by atoms with van der Waals surface area (Å²) in [5, 5.41) is 3.19. The highest BCUT2D eigenvalue weighted by molar-refractivity contribution is 5.36. The highest BCUT2D eigenvalue weighted by Crippen LogP contribution is 2.19. The number of aryl methyl sites for hydroxylation is 3. The standard InChI is InChI=1S/C16H23N5O/c1-5-14-19-15(17)21-16(20-14)18-12(4)9-22-13-7-6-10(2)8-11(13)3/h6-8,12H,5,9H2,1-4H3,(H3,17,18,19,20,21). The second-order valence-corrected chi connectivity index (χ2v) is 5.41. The number of rotatable bonds is 6. The van der Waals surface area contributed by atoms with E-state index in [-0.39, 0.29) is 12.0 Å². The van der Waals surface area contributed by atoms with E-state index >= 15 is 0 Å². The number of hydrogen-bond donors (Lipinski definition) is 2. The molecule has 1 unspecified atom stereocenters. The van der Waals surface area contributed by atoms with Gasteiger partial charge < -0.3 is 15.8 Å². The zero-order valence-electron chi connectivity index (χ0n) is 13.6. The summed E-state index contributed by atoms with van der Waals surface area (Å²) in [7, 11) is 0. The molecule has 0 saturated carbocycles. The van der Waals surface area contributed by atoms with Gasteiger partial charge in [-0.3, -0.25) is 0 Å². The number of anilines is 2. The lowest BCUT2D eigenvalue weighted by atomic mass is 10.1. The van der Waals surface area contributed by atoms with E-state index in [1.807, 2.05) is 32.9 Å². The fourth-order valence-electron chi connectivity index (χ4n) is 2.10. The van der Waals surface area contributed by atoms with Crippen LogP contribution < -0.4 is 15.8 Å². The maximum absolute atomic E-state index is 5.85. The Morgan fingerprint density at radius 1 is 1.23 bits per heavy atom. The van der Waals surface area contributed by atoms with Crippen LogP contribution in [0, 0.1) is 13.8 Å². The van der Waals surface area contributed by atoms with Crippen LogP contribution in [0.15, 0.2) is 18.2 Å². The summed E-state index contributed by atoms with van der Waals surface area (Å²) < 4.78 is 5.85. The summed E-state index contributed by atoms with van der Waals surface area (Å²) >= 11 is 0. The zero-order valence-corrected chi connectivity index (χ0v) is 13.6. The Labute approximate surface area is 131 Å². The van der Waals surface area contributed by atoms with Crippen molar-refractivity contribution in [3.8, 4) is 5.75 Å². The van der Waals surface area contributed by atoms with Gasteiger partial charge in [0.15, 0.2) is 0 Å². The second-order valence-electron chi connectivity index (χ2n) is 5.41. The molecule has 6 nitrogen and oxygen atoms in total. The maximum atomic E-state index is 5.85. The van der Waals surface area contributed by atoms with Crippen molar-refractivity contribution in [2.75, 3.05) is 17.7 Å². The van der Waals surface area contributed by atoms with E-state index in [0.29, 0.717) is 18.4 Å². The second kappa shape index (κ2) is 7.06. The normalized spacial score (nSPS) is 12.0. The Morgan fingerprint density at radius 2 is 2.00 bits per heavy atom. The minimum absolute atomic E-state index is 0.0483. The highest BCUT2D eigenvalue weighted by Gasteiger charge is 2.09. The van der Waals surface area contributed by atoms with Gasteiger partial charge in [-0.15, -0.1) is 0 Å². The van der Waals surface area contributed by atoms with E-state index in [1.165, 1.54) is 5.56 Å². The fraction of sp³-hybridized carbons (Fsp3) is 0.438. The number of nitrogen functional groups attached to an aromatic ring is 1. The smallest absolute Gasteiger partial charge is 0.228 e. The molecule has 1 aromatic heterocycles. The summed E-state index contributed by atoms with van der Waals surface area (Å²) in [5.41, 5.74) is 8.03. The van der Waals surface area contributed by atoms with Crippen molar-refractivity contribution in [1.82, 2.24) is 15.0 Å². The van der Waals surface area contributed by atoms with E-state index in [9.17, 15) is 0 Å². The number of aromatic nitrogens is 3. The van der Waals surface area contributed by atoms with Crippen molar-refractivity contribution in [1.29, 1.82) is 0 Å². The van der Waals surface area contributed by atoms with Crippen LogP contribution in [0.4, 0.5) is 11.9 Å². The first-order valence-electron chi connectivity index (χ1n) is 7.45. The quantitative estimate of drug-likeness (QED) is 0.852. The summed E-state index contributed by atoms with van der Waals surface area (Å²) in [5.74, 6) is 2.29. The molecule has 0 saturated heterocycles. The van der Waals surface area contributed by atoms with Crippen molar-refractivity contribution in [2.24, 2.45) is 0 Å². The summed E-state index contributed by atoms with van der Waals surface area (Å²) in [6.07, 6.45) is 0.717. The molecule has 0 fully saturated rings. The van der Waals surface area contributed by atoms with Gasteiger partial charge in [-0.05, 0) is 32.4 Å². The van der Waals surface area contributed by atoms with Gasteiger partial charge >= 0.3 is 0 Å².